The van der Waals surface area contributed by atoms with Crippen LogP contribution in [0.4, 0.5) is 0 Å². The van der Waals surface area contributed by atoms with Crippen LogP contribution in [0.15, 0.2) is 0 Å². The summed E-state index contributed by atoms with van der Waals surface area (Å²) in [5.74, 6) is 2.51. The molecule has 0 aromatic carbocycles. The summed E-state index contributed by atoms with van der Waals surface area (Å²) in [5.41, 5.74) is 0.513. The first-order valence-corrected chi connectivity index (χ1v) is 8.98. The molecule has 3 nitrogen and oxygen atoms in total. The van der Waals surface area contributed by atoms with Gasteiger partial charge in [-0.15, -0.1) is 0 Å². The Bertz CT molecular complexity index is 396. The van der Waals surface area contributed by atoms with E-state index < -0.39 is 0 Å². The number of hydrogen-bond acceptors (Lipinski definition) is 2. The molecule has 2 atom stereocenters. The quantitative estimate of drug-likeness (QED) is 0.780. The van der Waals surface area contributed by atoms with Crippen molar-refractivity contribution < 1.29 is 4.79 Å². The molecule has 120 valence electrons. The first-order valence-electron chi connectivity index (χ1n) is 8.98. The topological polar surface area (TPSA) is 32.3 Å². The molecule has 21 heavy (non-hydrogen) atoms. The molecule has 0 aromatic heterocycles. The fourth-order valence-corrected chi connectivity index (χ4v) is 4.11. The summed E-state index contributed by atoms with van der Waals surface area (Å²) in [4.78, 5) is 15.1. The number of carbonyl (C=O) groups excluding carboxylic acids is 1. The zero-order valence-electron chi connectivity index (χ0n) is 14.2. The SMILES string of the molecule is CC(C)CC1NC(CC(C)C)N(CC2(C3CC3)CC2)C1=O. The van der Waals surface area contributed by atoms with Crippen molar-refractivity contribution in [1.29, 1.82) is 0 Å². The van der Waals surface area contributed by atoms with Crippen LogP contribution >= 0.6 is 0 Å². The summed E-state index contributed by atoms with van der Waals surface area (Å²) < 4.78 is 0. The summed E-state index contributed by atoms with van der Waals surface area (Å²) in [5, 5.41) is 3.64. The molecule has 0 aromatic rings. The van der Waals surface area contributed by atoms with Gasteiger partial charge < -0.3 is 4.90 Å². The third-order valence-electron chi connectivity index (χ3n) is 5.57. The average Bonchev–Trinajstić information content (AvgIpc) is 3.23. The molecule has 0 radical (unpaired) electrons. The second-order valence-corrected chi connectivity index (χ2v) is 8.60. The van der Waals surface area contributed by atoms with E-state index in [1.165, 1.54) is 25.7 Å². The van der Waals surface area contributed by atoms with E-state index in [1.54, 1.807) is 0 Å². The number of rotatable bonds is 7. The van der Waals surface area contributed by atoms with Gasteiger partial charge in [0.2, 0.25) is 5.91 Å². The van der Waals surface area contributed by atoms with Crippen molar-refractivity contribution in [3.05, 3.63) is 0 Å². The average molecular weight is 292 g/mol. The van der Waals surface area contributed by atoms with Gasteiger partial charge in [0.25, 0.3) is 0 Å². The van der Waals surface area contributed by atoms with Crippen molar-refractivity contribution in [2.75, 3.05) is 6.54 Å². The largest absolute Gasteiger partial charge is 0.325 e. The Kier molecular flexibility index (Phi) is 4.06. The lowest BCUT2D eigenvalue weighted by atomic mass is 9.98. The van der Waals surface area contributed by atoms with Gasteiger partial charge in [0.15, 0.2) is 0 Å². The van der Waals surface area contributed by atoms with Gasteiger partial charge in [-0.1, -0.05) is 27.7 Å². The second kappa shape index (κ2) is 5.57. The third kappa shape index (κ3) is 3.28. The van der Waals surface area contributed by atoms with Crippen molar-refractivity contribution >= 4 is 5.91 Å². The number of nitrogens with one attached hydrogen (secondary N) is 1. The molecule has 3 aliphatic rings. The summed E-state index contributed by atoms with van der Waals surface area (Å²) in [7, 11) is 0. The van der Waals surface area contributed by atoms with Gasteiger partial charge in [-0.2, -0.15) is 0 Å². The van der Waals surface area contributed by atoms with Crippen molar-refractivity contribution in [2.24, 2.45) is 23.2 Å². The lowest BCUT2D eigenvalue weighted by Gasteiger charge is -2.30. The summed E-state index contributed by atoms with van der Waals surface area (Å²) >= 11 is 0. The molecular formula is C18H32N2O. The van der Waals surface area contributed by atoms with Gasteiger partial charge in [-0.25, -0.2) is 0 Å². The smallest absolute Gasteiger partial charge is 0.241 e. The minimum Gasteiger partial charge on any atom is -0.325 e. The minimum atomic E-state index is 0.0590. The van der Waals surface area contributed by atoms with Crippen LogP contribution < -0.4 is 5.32 Å². The molecule has 0 bridgehead atoms. The highest BCUT2D eigenvalue weighted by Crippen LogP contribution is 2.61. The zero-order valence-corrected chi connectivity index (χ0v) is 14.2. The Morgan fingerprint density at radius 2 is 1.76 bits per heavy atom. The number of hydrogen-bond donors (Lipinski definition) is 1. The van der Waals surface area contributed by atoms with Crippen LogP contribution in [0.2, 0.25) is 0 Å². The molecular weight excluding hydrogens is 260 g/mol. The van der Waals surface area contributed by atoms with E-state index in [-0.39, 0.29) is 12.2 Å². The molecule has 3 heteroatoms. The number of amides is 1. The highest BCUT2D eigenvalue weighted by Gasteiger charge is 2.56. The van der Waals surface area contributed by atoms with Gasteiger partial charge >= 0.3 is 0 Å². The van der Waals surface area contributed by atoms with Crippen LogP contribution in [-0.2, 0) is 4.79 Å². The molecule has 1 saturated heterocycles. The standard InChI is InChI=1S/C18H32N2O/c1-12(2)9-15-17(21)20(16(19-15)10-13(3)4)11-18(7-8-18)14-5-6-14/h12-16,19H,5-11H2,1-4H3. The number of carbonyl (C=O) groups is 1. The van der Waals surface area contributed by atoms with Gasteiger partial charge in [0, 0.05) is 6.54 Å². The Morgan fingerprint density at radius 3 is 2.24 bits per heavy atom. The molecule has 2 unspecified atom stereocenters. The van der Waals surface area contributed by atoms with E-state index in [0.717, 1.165) is 25.3 Å². The molecule has 1 amide bonds. The minimum absolute atomic E-state index is 0.0590. The summed E-state index contributed by atoms with van der Waals surface area (Å²) in [6.07, 6.45) is 7.84. The van der Waals surface area contributed by atoms with E-state index in [2.05, 4.69) is 37.9 Å². The van der Waals surface area contributed by atoms with E-state index in [4.69, 9.17) is 0 Å². The van der Waals surface area contributed by atoms with Gasteiger partial charge in [0.05, 0.1) is 12.2 Å². The Hall–Kier alpha value is -0.570. The van der Waals surface area contributed by atoms with Gasteiger partial charge in [-0.05, 0) is 61.7 Å². The Balaban J connectivity index is 1.69. The second-order valence-electron chi connectivity index (χ2n) is 8.60. The molecule has 3 rings (SSSR count). The third-order valence-corrected chi connectivity index (χ3v) is 5.57. The molecule has 0 spiro atoms. The maximum Gasteiger partial charge on any atom is 0.241 e. The maximum absolute atomic E-state index is 12.8. The van der Waals surface area contributed by atoms with Crippen LogP contribution in [0.5, 0.6) is 0 Å². The zero-order chi connectivity index (χ0) is 15.2. The predicted molar refractivity (Wildman–Crippen MR) is 85.7 cm³/mol. The van der Waals surface area contributed by atoms with E-state index in [0.29, 0.717) is 23.2 Å². The number of nitrogens with zero attached hydrogens (tertiary/aromatic N) is 1. The van der Waals surface area contributed by atoms with E-state index >= 15 is 0 Å². The van der Waals surface area contributed by atoms with Crippen molar-refractivity contribution in [3.63, 3.8) is 0 Å². The highest BCUT2D eigenvalue weighted by molar-refractivity contribution is 5.84. The molecule has 1 aliphatic heterocycles. The summed E-state index contributed by atoms with van der Waals surface area (Å²) in [6, 6.07) is 0.0590. The molecule has 3 fully saturated rings. The fraction of sp³-hybridized carbons (Fsp3) is 0.944. The van der Waals surface area contributed by atoms with Gasteiger partial charge in [0.1, 0.15) is 0 Å². The summed E-state index contributed by atoms with van der Waals surface area (Å²) in [6.45, 7) is 9.96. The monoisotopic (exact) mass is 292 g/mol. The van der Waals surface area contributed by atoms with Crippen LogP contribution in [0, 0.1) is 23.2 Å². The Morgan fingerprint density at radius 1 is 1.14 bits per heavy atom. The first kappa shape index (κ1) is 15.3. The Labute approximate surface area is 129 Å². The van der Waals surface area contributed by atoms with Gasteiger partial charge in [-0.3, -0.25) is 10.1 Å². The molecule has 1 N–H and O–H groups in total. The van der Waals surface area contributed by atoms with Crippen molar-refractivity contribution in [1.82, 2.24) is 10.2 Å². The maximum atomic E-state index is 12.8. The lowest BCUT2D eigenvalue weighted by Crippen LogP contribution is -2.42. The fourth-order valence-electron chi connectivity index (χ4n) is 4.11. The van der Waals surface area contributed by atoms with Crippen molar-refractivity contribution in [2.45, 2.75) is 78.4 Å². The highest BCUT2D eigenvalue weighted by atomic mass is 16.2. The predicted octanol–water partition coefficient (Wildman–Crippen LogP) is 3.40. The molecule has 1 heterocycles. The van der Waals surface area contributed by atoms with E-state index in [9.17, 15) is 4.79 Å². The van der Waals surface area contributed by atoms with Crippen LogP contribution in [0.1, 0.15) is 66.2 Å². The molecule has 2 saturated carbocycles. The van der Waals surface area contributed by atoms with Crippen molar-refractivity contribution in [3.8, 4) is 0 Å². The van der Waals surface area contributed by atoms with E-state index in [1.807, 2.05) is 0 Å². The van der Waals surface area contributed by atoms with Crippen LogP contribution in [0.3, 0.4) is 0 Å². The first-order chi connectivity index (χ1) is 9.91. The van der Waals surface area contributed by atoms with Crippen LogP contribution in [-0.4, -0.2) is 29.6 Å². The lowest BCUT2D eigenvalue weighted by molar-refractivity contribution is -0.131. The normalized spacial score (nSPS) is 31.5. The van der Waals surface area contributed by atoms with Crippen LogP contribution in [0.25, 0.3) is 0 Å². The molecule has 2 aliphatic carbocycles.